The molecule has 2 N–H and O–H groups in total. The number of allylic oxidation sites excluding steroid dienone is 1. The van der Waals surface area contributed by atoms with Gasteiger partial charge in [0.2, 0.25) is 5.91 Å². The van der Waals surface area contributed by atoms with Gasteiger partial charge in [-0.1, -0.05) is 23.7 Å². The van der Waals surface area contributed by atoms with Crippen LogP contribution < -0.4 is 15.4 Å². The summed E-state index contributed by atoms with van der Waals surface area (Å²) in [7, 11) is 0. The number of halogens is 4. The zero-order valence-electron chi connectivity index (χ0n) is 18.5. The number of rotatable bonds is 6. The molecule has 1 aromatic heterocycles. The lowest BCUT2D eigenvalue weighted by molar-refractivity contribution is -0.137. The van der Waals surface area contributed by atoms with Gasteiger partial charge in [-0.25, -0.2) is 0 Å². The lowest BCUT2D eigenvalue weighted by Crippen LogP contribution is -2.20. The molecular formula is C25H20ClF3N4O2. The van der Waals surface area contributed by atoms with Crippen LogP contribution in [0.1, 0.15) is 23.7 Å². The largest absolute Gasteiger partial charge is 0.457 e. The first-order valence-electron chi connectivity index (χ1n) is 10.6. The molecule has 0 unspecified atom stereocenters. The van der Waals surface area contributed by atoms with Gasteiger partial charge in [0.25, 0.3) is 0 Å². The predicted octanol–water partition coefficient (Wildman–Crippen LogP) is 5.94. The van der Waals surface area contributed by atoms with E-state index in [-0.39, 0.29) is 5.69 Å². The van der Waals surface area contributed by atoms with Crippen molar-refractivity contribution in [1.29, 1.82) is 0 Å². The van der Waals surface area contributed by atoms with E-state index >= 15 is 0 Å². The van der Waals surface area contributed by atoms with E-state index in [0.29, 0.717) is 34.9 Å². The van der Waals surface area contributed by atoms with E-state index in [1.807, 2.05) is 0 Å². The number of aliphatic imine (C=N–C) groups is 1. The second kappa shape index (κ2) is 10.2. The minimum Gasteiger partial charge on any atom is -0.457 e. The summed E-state index contributed by atoms with van der Waals surface area (Å²) in [4.78, 5) is 21.1. The molecule has 10 heteroatoms. The van der Waals surface area contributed by atoms with Crippen molar-refractivity contribution >= 4 is 34.6 Å². The first-order valence-corrected chi connectivity index (χ1v) is 11.0. The van der Waals surface area contributed by atoms with Gasteiger partial charge in [-0.2, -0.15) is 13.2 Å². The summed E-state index contributed by atoms with van der Waals surface area (Å²) in [6, 6.07) is 13.8. The highest BCUT2D eigenvalue weighted by molar-refractivity contribution is 6.31. The van der Waals surface area contributed by atoms with Crippen LogP contribution in [0.5, 0.6) is 11.5 Å². The van der Waals surface area contributed by atoms with Crippen molar-refractivity contribution in [3.8, 4) is 11.5 Å². The molecule has 0 bridgehead atoms. The van der Waals surface area contributed by atoms with Gasteiger partial charge in [0, 0.05) is 30.6 Å². The van der Waals surface area contributed by atoms with Crippen LogP contribution in [0, 0.1) is 0 Å². The van der Waals surface area contributed by atoms with E-state index in [0.717, 1.165) is 24.5 Å². The number of hydrogen-bond acceptors (Lipinski definition) is 5. The molecule has 0 spiro atoms. The monoisotopic (exact) mass is 500 g/mol. The Labute approximate surface area is 204 Å². The third kappa shape index (κ3) is 6.19. The molecule has 1 aliphatic rings. The van der Waals surface area contributed by atoms with Gasteiger partial charge in [0.05, 0.1) is 17.1 Å². The van der Waals surface area contributed by atoms with Crippen molar-refractivity contribution in [2.24, 2.45) is 4.99 Å². The Kier molecular flexibility index (Phi) is 7.07. The number of benzene rings is 2. The smallest absolute Gasteiger partial charge is 0.417 e. The van der Waals surface area contributed by atoms with Crippen molar-refractivity contribution in [2.45, 2.75) is 13.1 Å². The Balaban J connectivity index is 1.47. The van der Waals surface area contributed by atoms with Crippen LogP contribution in [0.4, 0.5) is 18.9 Å². The van der Waals surface area contributed by atoms with Crippen molar-refractivity contribution in [3.05, 3.63) is 88.7 Å². The predicted molar refractivity (Wildman–Crippen MR) is 129 cm³/mol. The number of carbonyl (C=O) groups is 1. The van der Waals surface area contributed by atoms with Crippen LogP contribution in [-0.2, 0) is 11.0 Å². The Bertz CT molecular complexity index is 1320. The Morgan fingerprint density at radius 3 is 2.69 bits per heavy atom. The molecule has 0 radical (unpaired) electrons. The second-order valence-electron chi connectivity index (χ2n) is 7.67. The maximum Gasteiger partial charge on any atom is 0.417 e. The van der Waals surface area contributed by atoms with E-state index in [1.54, 1.807) is 49.5 Å². The number of amides is 1. The molecule has 0 saturated carbocycles. The van der Waals surface area contributed by atoms with Gasteiger partial charge < -0.3 is 15.4 Å². The molecule has 35 heavy (non-hydrogen) atoms. The Morgan fingerprint density at radius 2 is 1.94 bits per heavy atom. The Morgan fingerprint density at radius 1 is 1.14 bits per heavy atom. The van der Waals surface area contributed by atoms with Gasteiger partial charge in [0.15, 0.2) is 0 Å². The first kappa shape index (κ1) is 24.3. The number of amidine groups is 1. The quantitative estimate of drug-likeness (QED) is 0.411. The number of alkyl halides is 3. The number of anilines is 1. The van der Waals surface area contributed by atoms with Crippen LogP contribution in [0.3, 0.4) is 0 Å². The third-order valence-electron chi connectivity index (χ3n) is 5.06. The summed E-state index contributed by atoms with van der Waals surface area (Å²) in [5, 5.41) is 5.16. The lowest BCUT2D eigenvalue weighted by atomic mass is 10.1. The molecule has 0 saturated heterocycles. The standard InChI is InChI=1S/C25H20ClF3N4O2/c1-15(11-23(34)33-17-5-6-21(26)20(13-17)25(27,28)29)16-3-2-4-18(12-16)35-19-7-8-30-22(14-19)24-31-9-10-32-24/h2-8,11-14H,9-10H2,1H3,(H,31,32)(H,33,34). The zero-order chi connectivity index (χ0) is 25.0. The molecule has 1 amide bonds. The van der Waals surface area contributed by atoms with E-state index in [4.69, 9.17) is 16.3 Å². The SMILES string of the molecule is CC(=CC(=O)Nc1ccc(Cl)c(C(F)(F)F)c1)c1cccc(Oc2ccnc(C3=NCCN3)c2)c1. The summed E-state index contributed by atoms with van der Waals surface area (Å²) in [6.07, 6.45) is -1.69. The number of aromatic nitrogens is 1. The fraction of sp³-hybridized carbons (Fsp3) is 0.160. The zero-order valence-corrected chi connectivity index (χ0v) is 19.2. The maximum absolute atomic E-state index is 13.1. The molecule has 6 nitrogen and oxygen atoms in total. The first-order chi connectivity index (χ1) is 16.7. The van der Waals surface area contributed by atoms with Crippen LogP contribution in [0.15, 0.2) is 71.9 Å². The average Bonchev–Trinajstić information content (AvgIpc) is 3.35. The molecule has 2 aromatic carbocycles. The highest BCUT2D eigenvalue weighted by Gasteiger charge is 2.33. The topological polar surface area (TPSA) is 75.6 Å². The van der Waals surface area contributed by atoms with Crippen LogP contribution >= 0.6 is 11.6 Å². The van der Waals surface area contributed by atoms with Crippen LogP contribution in [-0.4, -0.2) is 29.8 Å². The molecular weight excluding hydrogens is 481 g/mol. The van der Waals surface area contributed by atoms with Gasteiger partial charge in [-0.3, -0.25) is 14.8 Å². The highest BCUT2D eigenvalue weighted by atomic mass is 35.5. The van der Waals surface area contributed by atoms with Gasteiger partial charge >= 0.3 is 6.18 Å². The number of carbonyl (C=O) groups excluding carboxylic acids is 1. The van der Waals surface area contributed by atoms with E-state index in [9.17, 15) is 18.0 Å². The van der Waals surface area contributed by atoms with Crippen molar-refractivity contribution in [3.63, 3.8) is 0 Å². The molecule has 3 aromatic rings. The van der Waals surface area contributed by atoms with E-state index in [2.05, 4.69) is 20.6 Å². The fourth-order valence-electron chi connectivity index (χ4n) is 3.39. The Hall–Kier alpha value is -3.85. The maximum atomic E-state index is 13.1. The number of hydrogen-bond donors (Lipinski definition) is 2. The number of nitrogens with one attached hydrogen (secondary N) is 2. The number of ether oxygens (including phenoxy) is 1. The van der Waals surface area contributed by atoms with Crippen LogP contribution in [0.25, 0.3) is 5.57 Å². The van der Waals surface area contributed by atoms with E-state index in [1.165, 1.54) is 12.1 Å². The lowest BCUT2D eigenvalue weighted by Gasteiger charge is -2.11. The highest BCUT2D eigenvalue weighted by Crippen LogP contribution is 2.36. The van der Waals surface area contributed by atoms with Crippen molar-refractivity contribution in [1.82, 2.24) is 10.3 Å². The molecule has 1 aliphatic heterocycles. The van der Waals surface area contributed by atoms with Crippen molar-refractivity contribution in [2.75, 3.05) is 18.4 Å². The molecule has 0 fully saturated rings. The van der Waals surface area contributed by atoms with Gasteiger partial charge in [0.1, 0.15) is 23.0 Å². The fourth-order valence-corrected chi connectivity index (χ4v) is 3.62. The summed E-state index contributed by atoms with van der Waals surface area (Å²) in [6.45, 7) is 3.19. The summed E-state index contributed by atoms with van der Waals surface area (Å²) in [5.74, 6) is 1.26. The second-order valence-corrected chi connectivity index (χ2v) is 8.08. The molecule has 2 heterocycles. The third-order valence-corrected chi connectivity index (χ3v) is 5.39. The van der Waals surface area contributed by atoms with E-state index < -0.39 is 22.7 Å². The van der Waals surface area contributed by atoms with Gasteiger partial charge in [-0.15, -0.1) is 0 Å². The minimum absolute atomic E-state index is 0.0114. The molecule has 4 rings (SSSR count). The van der Waals surface area contributed by atoms with Crippen LogP contribution in [0.2, 0.25) is 5.02 Å². The average molecular weight is 501 g/mol. The summed E-state index contributed by atoms with van der Waals surface area (Å²) >= 11 is 5.63. The minimum atomic E-state index is -4.62. The number of nitrogens with zero attached hydrogens (tertiary/aromatic N) is 2. The molecule has 180 valence electrons. The summed E-state index contributed by atoms with van der Waals surface area (Å²) in [5.41, 5.74) is 0.957. The number of pyridine rings is 1. The molecule has 0 aliphatic carbocycles. The molecule has 0 atom stereocenters. The van der Waals surface area contributed by atoms with Gasteiger partial charge in [-0.05, 0) is 54.5 Å². The summed E-state index contributed by atoms with van der Waals surface area (Å²) < 4.78 is 45.1. The van der Waals surface area contributed by atoms with Crippen molar-refractivity contribution < 1.29 is 22.7 Å². The normalized spacial score (nSPS) is 13.7.